The fourth-order valence-corrected chi connectivity index (χ4v) is 0.687. The summed E-state index contributed by atoms with van der Waals surface area (Å²) in [6.07, 6.45) is -1.64. The van der Waals surface area contributed by atoms with Gasteiger partial charge in [0.1, 0.15) is 0 Å². The van der Waals surface area contributed by atoms with Crippen LogP contribution in [0.25, 0.3) is 0 Å². The van der Waals surface area contributed by atoms with Gasteiger partial charge in [-0.1, -0.05) is 0 Å². The van der Waals surface area contributed by atoms with Crippen LogP contribution >= 0.6 is 0 Å². The van der Waals surface area contributed by atoms with Gasteiger partial charge in [-0.3, -0.25) is 4.79 Å². The number of alkyl halides is 2. The lowest BCUT2D eigenvalue weighted by molar-refractivity contribution is 0.152. The lowest BCUT2D eigenvalue weighted by atomic mass is 10.2. The summed E-state index contributed by atoms with van der Waals surface area (Å²) in [5, 5.41) is 0. The van der Waals surface area contributed by atoms with Crippen molar-refractivity contribution in [3.63, 3.8) is 0 Å². The Bertz CT molecular complexity index is 308. The van der Waals surface area contributed by atoms with Gasteiger partial charge in [0.25, 0.3) is 6.43 Å². The lowest BCUT2D eigenvalue weighted by Crippen LogP contribution is -2.08. The zero-order valence-corrected chi connectivity index (χ0v) is 5.47. The van der Waals surface area contributed by atoms with Gasteiger partial charge >= 0.3 is 0 Å². The number of halogens is 2. The van der Waals surface area contributed by atoms with Gasteiger partial charge in [0.15, 0.2) is 0 Å². The third kappa shape index (κ3) is 1.54. The molecule has 11 heavy (non-hydrogen) atoms. The van der Waals surface area contributed by atoms with E-state index in [1.54, 1.807) is 0 Å². The monoisotopic (exact) mass is 160 g/mol. The molecule has 0 fully saturated rings. The molecule has 0 radical (unpaired) electrons. The van der Waals surface area contributed by atoms with E-state index in [2.05, 4.69) is 4.98 Å². The fourth-order valence-electron chi connectivity index (χ4n) is 0.687. The lowest BCUT2D eigenvalue weighted by Gasteiger charge is -2.00. The molecule has 0 aliphatic heterocycles. The van der Waals surface area contributed by atoms with Crippen molar-refractivity contribution in [1.82, 2.24) is 4.98 Å². The zero-order chi connectivity index (χ0) is 8.43. The quantitative estimate of drug-likeness (QED) is 0.641. The van der Waals surface area contributed by atoms with Crippen LogP contribution in [0.2, 0.25) is 0 Å². The summed E-state index contributed by atoms with van der Waals surface area (Å²) in [6, 6.07) is 0.792. The number of aromatic nitrogens is 1. The molecule has 0 amide bonds. The van der Waals surface area contributed by atoms with Crippen molar-refractivity contribution in [1.29, 1.82) is 0 Å². The largest absolute Gasteiger partial charge is 0.397 e. The molecule has 0 saturated heterocycles. The number of anilines is 1. The van der Waals surface area contributed by atoms with E-state index in [4.69, 9.17) is 5.73 Å². The van der Waals surface area contributed by atoms with Gasteiger partial charge in [0.05, 0.1) is 5.69 Å². The van der Waals surface area contributed by atoms with E-state index >= 15 is 0 Å². The molecule has 1 rings (SSSR count). The maximum Gasteiger partial charge on any atom is 0.266 e. The number of pyridine rings is 1. The number of aromatic amines is 1. The molecule has 3 nitrogen and oxygen atoms in total. The van der Waals surface area contributed by atoms with E-state index in [0.717, 1.165) is 12.3 Å². The molecule has 5 heteroatoms. The van der Waals surface area contributed by atoms with Crippen molar-refractivity contribution in [2.24, 2.45) is 0 Å². The van der Waals surface area contributed by atoms with Gasteiger partial charge in [-0.25, -0.2) is 8.78 Å². The van der Waals surface area contributed by atoms with Crippen molar-refractivity contribution in [2.45, 2.75) is 6.43 Å². The van der Waals surface area contributed by atoms with Gasteiger partial charge in [-0.05, 0) is 0 Å². The van der Waals surface area contributed by atoms with Crippen LogP contribution in [0.3, 0.4) is 0 Å². The van der Waals surface area contributed by atoms with Crippen LogP contribution < -0.4 is 11.3 Å². The summed E-state index contributed by atoms with van der Waals surface area (Å²) in [5.74, 6) is 0. The molecule has 0 bridgehead atoms. The molecule has 60 valence electrons. The third-order valence-corrected chi connectivity index (χ3v) is 1.22. The first-order valence-corrected chi connectivity index (χ1v) is 2.87. The summed E-state index contributed by atoms with van der Waals surface area (Å²) >= 11 is 0. The van der Waals surface area contributed by atoms with Crippen LogP contribution in [0.15, 0.2) is 17.1 Å². The molecule has 0 aliphatic carbocycles. The standard InChI is InChI=1S/C6H6F2N2O/c7-6(8)3-1-5(11)10-2-4(3)9/h1-2,6H,9H2,(H,10,11). The Labute approximate surface area is 60.8 Å². The summed E-state index contributed by atoms with van der Waals surface area (Å²) in [4.78, 5) is 12.7. The molecule has 0 aromatic carbocycles. The van der Waals surface area contributed by atoms with E-state index in [0.29, 0.717) is 0 Å². The Kier molecular flexibility index (Phi) is 1.89. The summed E-state index contributed by atoms with van der Waals surface area (Å²) in [6.45, 7) is 0. The third-order valence-electron chi connectivity index (χ3n) is 1.22. The summed E-state index contributed by atoms with van der Waals surface area (Å²) in [7, 11) is 0. The highest BCUT2D eigenvalue weighted by Crippen LogP contribution is 2.21. The molecule has 1 heterocycles. The number of nitrogens with two attached hydrogens (primary N) is 1. The van der Waals surface area contributed by atoms with Crippen molar-refractivity contribution >= 4 is 5.69 Å². The first-order valence-electron chi connectivity index (χ1n) is 2.87. The maximum absolute atomic E-state index is 12.0. The van der Waals surface area contributed by atoms with Gasteiger partial charge in [0, 0.05) is 17.8 Å². The number of nitrogen functional groups attached to an aromatic ring is 1. The van der Waals surface area contributed by atoms with Gasteiger partial charge < -0.3 is 10.7 Å². The minimum absolute atomic E-state index is 0.0976. The number of hydrogen-bond acceptors (Lipinski definition) is 2. The number of H-pyrrole nitrogens is 1. The highest BCUT2D eigenvalue weighted by atomic mass is 19.3. The average molecular weight is 160 g/mol. The SMILES string of the molecule is Nc1c[nH]c(=O)cc1C(F)F. The van der Waals surface area contributed by atoms with Crippen LogP contribution in [0.5, 0.6) is 0 Å². The topological polar surface area (TPSA) is 58.9 Å². The molecule has 0 atom stereocenters. The van der Waals surface area contributed by atoms with Crippen LogP contribution in [-0.2, 0) is 0 Å². The minimum Gasteiger partial charge on any atom is -0.397 e. The molecule has 0 saturated carbocycles. The smallest absolute Gasteiger partial charge is 0.266 e. The van der Waals surface area contributed by atoms with Crippen LogP contribution in [0.4, 0.5) is 14.5 Å². The van der Waals surface area contributed by atoms with Gasteiger partial charge in [-0.15, -0.1) is 0 Å². The molecule has 1 aromatic rings. The number of nitrogens with one attached hydrogen (secondary N) is 1. The predicted octanol–water partition coefficient (Wildman–Crippen LogP) is 0.895. The normalized spacial score (nSPS) is 10.5. The second-order valence-corrected chi connectivity index (χ2v) is 2.01. The van der Waals surface area contributed by atoms with E-state index in [1.165, 1.54) is 0 Å². The molecule has 0 aliphatic rings. The van der Waals surface area contributed by atoms with Crippen LogP contribution in [0, 0.1) is 0 Å². The Morgan fingerprint density at radius 1 is 1.55 bits per heavy atom. The summed E-state index contributed by atoms with van der Waals surface area (Å²) in [5.41, 5.74) is 4.05. The van der Waals surface area contributed by atoms with Crippen LogP contribution in [-0.4, -0.2) is 4.98 Å². The molecular formula is C6H6F2N2O. The average Bonchev–Trinajstić information content (AvgIpc) is 1.94. The minimum atomic E-state index is -2.70. The zero-order valence-electron chi connectivity index (χ0n) is 5.47. The Hall–Kier alpha value is -1.39. The van der Waals surface area contributed by atoms with Crippen molar-refractivity contribution < 1.29 is 8.78 Å². The van der Waals surface area contributed by atoms with Gasteiger partial charge in [-0.2, -0.15) is 0 Å². The Morgan fingerprint density at radius 2 is 2.18 bits per heavy atom. The fraction of sp³-hybridized carbons (Fsp3) is 0.167. The van der Waals surface area contributed by atoms with Crippen molar-refractivity contribution in [2.75, 3.05) is 5.73 Å². The van der Waals surface area contributed by atoms with Crippen LogP contribution in [0.1, 0.15) is 12.0 Å². The molecule has 1 aromatic heterocycles. The molecule has 3 N–H and O–H groups in total. The Morgan fingerprint density at radius 3 is 2.64 bits per heavy atom. The van der Waals surface area contributed by atoms with Gasteiger partial charge in [0.2, 0.25) is 5.56 Å². The highest BCUT2D eigenvalue weighted by Gasteiger charge is 2.10. The van der Waals surface area contributed by atoms with E-state index in [9.17, 15) is 13.6 Å². The summed E-state index contributed by atoms with van der Waals surface area (Å²) < 4.78 is 24.0. The number of rotatable bonds is 1. The molecule has 0 spiro atoms. The Balaban J connectivity index is 3.23. The molecule has 0 unspecified atom stereocenters. The predicted molar refractivity (Wildman–Crippen MR) is 36.4 cm³/mol. The van der Waals surface area contributed by atoms with E-state index in [1.807, 2.05) is 0 Å². The highest BCUT2D eigenvalue weighted by molar-refractivity contribution is 5.44. The first kappa shape index (κ1) is 7.71. The molecular weight excluding hydrogens is 154 g/mol. The second kappa shape index (κ2) is 2.69. The van der Waals surface area contributed by atoms with E-state index < -0.39 is 17.5 Å². The second-order valence-electron chi connectivity index (χ2n) is 2.01. The van der Waals surface area contributed by atoms with Crippen molar-refractivity contribution in [3.05, 3.63) is 28.2 Å². The van der Waals surface area contributed by atoms with E-state index in [-0.39, 0.29) is 5.69 Å². The first-order chi connectivity index (χ1) is 5.11. The van der Waals surface area contributed by atoms with Crippen molar-refractivity contribution in [3.8, 4) is 0 Å². The maximum atomic E-state index is 12.0. The number of hydrogen-bond donors (Lipinski definition) is 2.